The summed E-state index contributed by atoms with van der Waals surface area (Å²) in [6.07, 6.45) is 12.0. The number of hydrogen-bond acceptors (Lipinski definition) is 5. The Bertz CT molecular complexity index is 1160. The van der Waals surface area contributed by atoms with Gasteiger partial charge in [-0.3, -0.25) is 14.4 Å². The monoisotopic (exact) mass is 518 g/mol. The van der Waals surface area contributed by atoms with Crippen molar-refractivity contribution in [2.24, 2.45) is 5.92 Å². The number of carbonyl (C=O) groups is 3. The molecule has 0 bridgehead atoms. The molecule has 0 aliphatic rings. The van der Waals surface area contributed by atoms with E-state index in [1.54, 1.807) is 12.5 Å². The highest BCUT2D eigenvalue weighted by Crippen LogP contribution is 2.30. The van der Waals surface area contributed by atoms with Crippen LogP contribution in [0.4, 0.5) is 0 Å². The molecule has 0 aliphatic heterocycles. The number of benzene rings is 1. The zero-order chi connectivity index (χ0) is 26.5. The van der Waals surface area contributed by atoms with Crippen LogP contribution in [0.25, 0.3) is 5.57 Å². The van der Waals surface area contributed by atoms with Crippen molar-refractivity contribution in [3.05, 3.63) is 87.5 Å². The quantitative estimate of drug-likeness (QED) is 0.0449. The Morgan fingerprint density at radius 1 is 1.00 bits per heavy atom. The molecule has 0 N–H and O–H groups in total. The summed E-state index contributed by atoms with van der Waals surface area (Å²) in [4.78, 5) is 38.8. The number of allylic oxidation sites excluding steroid dienone is 2. The number of hydrogen-bond donors (Lipinski definition) is 0. The maximum Gasteiger partial charge on any atom is 0.173 e. The van der Waals surface area contributed by atoms with Crippen molar-refractivity contribution in [2.45, 2.75) is 78.1 Å². The Morgan fingerprint density at radius 3 is 2.51 bits per heavy atom. The van der Waals surface area contributed by atoms with Gasteiger partial charge in [-0.2, -0.15) is 0 Å². The highest BCUT2D eigenvalue weighted by molar-refractivity contribution is 7.12. The lowest BCUT2D eigenvalue weighted by Crippen LogP contribution is -2.10. The van der Waals surface area contributed by atoms with Crippen molar-refractivity contribution in [2.75, 3.05) is 0 Å². The minimum atomic E-state index is -0.0952. The van der Waals surface area contributed by atoms with E-state index in [0.29, 0.717) is 37.2 Å². The molecule has 4 nitrogen and oxygen atoms in total. The first kappa shape index (κ1) is 28.5. The van der Waals surface area contributed by atoms with E-state index in [2.05, 4.69) is 6.92 Å². The molecule has 0 spiro atoms. The second-order valence-corrected chi connectivity index (χ2v) is 10.7. The summed E-state index contributed by atoms with van der Waals surface area (Å²) in [5.41, 5.74) is 4.25. The number of rotatable bonds is 17. The Kier molecular flexibility index (Phi) is 11.8. The largest absolute Gasteiger partial charge is 0.472 e. The van der Waals surface area contributed by atoms with E-state index in [0.717, 1.165) is 72.0 Å². The number of aryl methyl sites for hydroxylation is 2. The summed E-state index contributed by atoms with van der Waals surface area (Å²) in [6, 6.07) is 13.7. The fourth-order valence-corrected chi connectivity index (χ4v) is 5.62. The van der Waals surface area contributed by atoms with E-state index in [9.17, 15) is 14.4 Å². The topological polar surface area (TPSA) is 64.3 Å². The van der Waals surface area contributed by atoms with Gasteiger partial charge in [0.05, 0.1) is 23.0 Å². The average molecular weight is 519 g/mol. The Hall–Kier alpha value is -3.05. The summed E-state index contributed by atoms with van der Waals surface area (Å²) < 4.78 is 5.11. The smallest absolute Gasteiger partial charge is 0.173 e. The number of thiophene rings is 1. The molecule has 3 rings (SSSR count). The van der Waals surface area contributed by atoms with Crippen LogP contribution in [0, 0.1) is 12.8 Å². The van der Waals surface area contributed by atoms with Crippen molar-refractivity contribution >= 4 is 34.8 Å². The molecule has 0 radical (unpaired) electrons. The van der Waals surface area contributed by atoms with Gasteiger partial charge in [0.1, 0.15) is 0 Å². The third-order valence-corrected chi connectivity index (χ3v) is 7.83. The van der Waals surface area contributed by atoms with E-state index in [1.807, 2.05) is 54.8 Å². The van der Waals surface area contributed by atoms with E-state index in [1.165, 1.54) is 11.3 Å². The van der Waals surface area contributed by atoms with E-state index in [-0.39, 0.29) is 11.6 Å². The van der Waals surface area contributed by atoms with Gasteiger partial charge in [0.15, 0.2) is 17.9 Å². The van der Waals surface area contributed by atoms with Gasteiger partial charge in [0.25, 0.3) is 0 Å². The molecule has 0 saturated carbocycles. The van der Waals surface area contributed by atoms with Crippen LogP contribution in [0.5, 0.6) is 0 Å². The van der Waals surface area contributed by atoms with Gasteiger partial charge in [0.2, 0.25) is 0 Å². The van der Waals surface area contributed by atoms with Gasteiger partial charge in [-0.05, 0) is 84.7 Å². The van der Waals surface area contributed by atoms with Crippen molar-refractivity contribution in [3.63, 3.8) is 0 Å². The summed E-state index contributed by atoms with van der Waals surface area (Å²) in [6.45, 7) is 4.19. The van der Waals surface area contributed by atoms with Crippen LogP contribution in [0.1, 0.15) is 91.1 Å². The molecular weight excluding hydrogens is 480 g/mol. The zero-order valence-electron chi connectivity index (χ0n) is 22.0. The molecule has 1 aromatic carbocycles. The maximum absolute atomic E-state index is 13.1. The minimum absolute atomic E-state index is 0.0952. The van der Waals surface area contributed by atoms with Crippen LogP contribution >= 0.6 is 11.3 Å². The SMILES string of the molecule is CCCC(CCCC/C(=C(\C=O)C(=O)CCCc1ccoc1)c1ccccc1C)CC(=O)c1cccs1. The number of carbonyl (C=O) groups excluding carboxylic acids is 3. The third kappa shape index (κ3) is 8.78. The second kappa shape index (κ2) is 15.3. The normalized spacial score (nSPS) is 12.7. The number of Topliss-reactive ketones (excluding diaryl/α,β-unsaturated/α-hetero) is 2. The van der Waals surface area contributed by atoms with Gasteiger partial charge in [-0.15, -0.1) is 11.3 Å². The standard InChI is InChI=1S/C32H38O4S/c1-3-10-25(21-31(35)32-17-9-20-37-32)12-5-7-15-28(27-14-6-4-11-24(27)2)29(22-33)30(34)16-8-13-26-18-19-36-23-26/h4,6,9,11,14,17-20,22-23,25H,3,5,7-8,10,12-13,15-16,21H2,1-2H3/b29-28-. The number of furan rings is 1. The molecule has 2 aromatic heterocycles. The first-order chi connectivity index (χ1) is 18.0. The van der Waals surface area contributed by atoms with E-state index >= 15 is 0 Å². The van der Waals surface area contributed by atoms with Crippen LogP contribution in [0.3, 0.4) is 0 Å². The van der Waals surface area contributed by atoms with Crippen molar-refractivity contribution in [1.82, 2.24) is 0 Å². The Labute approximate surface area is 224 Å². The maximum atomic E-state index is 13.1. The molecule has 196 valence electrons. The van der Waals surface area contributed by atoms with E-state index < -0.39 is 0 Å². The molecule has 3 aromatic rings. The van der Waals surface area contributed by atoms with Gasteiger partial charge in [-0.1, -0.05) is 56.5 Å². The fraction of sp³-hybridized carbons (Fsp3) is 0.406. The molecule has 0 saturated heterocycles. The van der Waals surface area contributed by atoms with Crippen LogP contribution in [0.15, 0.2) is 70.4 Å². The third-order valence-electron chi connectivity index (χ3n) is 6.92. The lowest BCUT2D eigenvalue weighted by molar-refractivity contribution is -0.117. The summed E-state index contributed by atoms with van der Waals surface area (Å²) >= 11 is 1.51. The second-order valence-electron chi connectivity index (χ2n) is 9.74. The van der Waals surface area contributed by atoms with Crippen molar-refractivity contribution in [1.29, 1.82) is 0 Å². The van der Waals surface area contributed by atoms with Crippen LogP contribution in [-0.4, -0.2) is 17.9 Å². The van der Waals surface area contributed by atoms with Crippen molar-refractivity contribution in [3.8, 4) is 0 Å². The molecule has 0 aliphatic carbocycles. The first-order valence-corrected chi connectivity index (χ1v) is 14.3. The number of ketones is 2. The molecule has 0 fully saturated rings. The number of unbranched alkanes of at least 4 members (excludes halogenated alkanes) is 1. The molecule has 37 heavy (non-hydrogen) atoms. The lowest BCUT2D eigenvalue weighted by Gasteiger charge is -2.17. The highest BCUT2D eigenvalue weighted by Gasteiger charge is 2.19. The van der Waals surface area contributed by atoms with Gasteiger partial charge in [-0.25, -0.2) is 0 Å². The van der Waals surface area contributed by atoms with Gasteiger partial charge >= 0.3 is 0 Å². The predicted octanol–water partition coefficient (Wildman–Crippen LogP) is 8.44. The Balaban J connectivity index is 1.66. The summed E-state index contributed by atoms with van der Waals surface area (Å²) in [7, 11) is 0. The molecular formula is C32H38O4S. The highest BCUT2D eigenvalue weighted by atomic mass is 32.1. The minimum Gasteiger partial charge on any atom is -0.472 e. The van der Waals surface area contributed by atoms with Crippen LogP contribution in [-0.2, 0) is 16.0 Å². The zero-order valence-corrected chi connectivity index (χ0v) is 22.9. The summed E-state index contributed by atoms with van der Waals surface area (Å²) in [5.74, 6) is 0.501. The lowest BCUT2D eigenvalue weighted by atomic mass is 9.87. The first-order valence-electron chi connectivity index (χ1n) is 13.4. The van der Waals surface area contributed by atoms with E-state index in [4.69, 9.17) is 4.42 Å². The van der Waals surface area contributed by atoms with Gasteiger partial charge in [0, 0.05) is 12.8 Å². The molecule has 5 heteroatoms. The number of aldehydes is 1. The Morgan fingerprint density at radius 2 is 1.84 bits per heavy atom. The molecule has 0 amide bonds. The predicted molar refractivity (Wildman–Crippen MR) is 151 cm³/mol. The van der Waals surface area contributed by atoms with Crippen LogP contribution in [0.2, 0.25) is 0 Å². The average Bonchev–Trinajstić information content (AvgIpc) is 3.61. The fourth-order valence-electron chi connectivity index (χ4n) is 4.95. The molecule has 1 unspecified atom stereocenters. The van der Waals surface area contributed by atoms with Crippen molar-refractivity contribution < 1.29 is 18.8 Å². The van der Waals surface area contributed by atoms with Gasteiger partial charge < -0.3 is 4.42 Å². The molecule has 1 atom stereocenters. The van der Waals surface area contributed by atoms with Crippen LogP contribution < -0.4 is 0 Å². The summed E-state index contributed by atoms with van der Waals surface area (Å²) in [5, 5.41) is 1.95. The molecule has 2 heterocycles.